The molecule has 1 heterocycles. The summed E-state index contributed by atoms with van der Waals surface area (Å²) in [4.78, 5) is 34.7. The smallest absolute Gasteiger partial charge is 0.335 e. The standard InChI is InChI=1S/C13H14N2O6/c1-2-14-10(16)7-21-12(13(17)18)11(14)8-3-5-9(6-4-8)15(19)20/h3-6,11-12H,2,7H2,1H3,(H,17,18). The topological polar surface area (TPSA) is 110 Å². The zero-order valence-electron chi connectivity index (χ0n) is 11.3. The van der Waals surface area contributed by atoms with E-state index < -0.39 is 23.0 Å². The fraction of sp³-hybridized carbons (Fsp3) is 0.385. The number of carboxylic acids is 1. The molecule has 0 radical (unpaired) electrons. The number of nitro benzene ring substituents is 1. The Morgan fingerprint density at radius 1 is 1.48 bits per heavy atom. The Morgan fingerprint density at radius 3 is 2.57 bits per heavy atom. The van der Waals surface area contributed by atoms with E-state index in [4.69, 9.17) is 4.74 Å². The van der Waals surface area contributed by atoms with Crippen molar-refractivity contribution >= 4 is 17.6 Å². The Kier molecular flexibility index (Phi) is 4.18. The Bertz CT molecular complexity index is 569. The molecule has 1 fully saturated rings. The van der Waals surface area contributed by atoms with Crippen LogP contribution in [0.5, 0.6) is 0 Å². The highest BCUT2D eigenvalue weighted by atomic mass is 16.6. The number of amides is 1. The normalized spacial score (nSPS) is 22.1. The zero-order chi connectivity index (χ0) is 15.6. The zero-order valence-corrected chi connectivity index (χ0v) is 11.3. The minimum absolute atomic E-state index is 0.100. The van der Waals surface area contributed by atoms with Gasteiger partial charge in [0.15, 0.2) is 6.10 Å². The van der Waals surface area contributed by atoms with E-state index in [-0.39, 0.29) is 18.2 Å². The van der Waals surface area contributed by atoms with Gasteiger partial charge >= 0.3 is 5.97 Å². The van der Waals surface area contributed by atoms with Crippen LogP contribution >= 0.6 is 0 Å². The molecular weight excluding hydrogens is 280 g/mol. The second kappa shape index (κ2) is 5.88. The number of nitro groups is 1. The molecule has 2 rings (SSSR count). The maximum absolute atomic E-state index is 11.9. The minimum atomic E-state index is -1.19. The van der Waals surface area contributed by atoms with Gasteiger partial charge in [-0.3, -0.25) is 14.9 Å². The van der Waals surface area contributed by atoms with Crippen molar-refractivity contribution in [3.63, 3.8) is 0 Å². The predicted octanol–water partition coefficient (Wildman–Crippen LogP) is 0.968. The molecule has 0 spiro atoms. The number of carboxylic acid groups (broad SMARTS) is 1. The van der Waals surface area contributed by atoms with Crippen molar-refractivity contribution in [1.82, 2.24) is 4.90 Å². The van der Waals surface area contributed by atoms with Crippen molar-refractivity contribution in [2.45, 2.75) is 19.1 Å². The highest BCUT2D eigenvalue weighted by Crippen LogP contribution is 2.31. The van der Waals surface area contributed by atoms with Gasteiger partial charge in [-0.25, -0.2) is 4.79 Å². The van der Waals surface area contributed by atoms with Gasteiger partial charge in [0.2, 0.25) is 5.91 Å². The first-order chi connectivity index (χ1) is 9.95. The van der Waals surface area contributed by atoms with Gasteiger partial charge < -0.3 is 14.7 Å². The van der Waals surface area contributed by atoms with Crippen LogP contribution in [0.3, 0.4) is 0 Å². The van der Waals surface area contributed by atoms with Gasteiger partial charge in [-0.15, -0.1) is 0 Å². The third-order valence-corrected chi connectivity index (χ3v) is 3.36. The summed E-state index contributed by atoms with van der Waals surface area (Å²) < 4.78 is 5.10. The molecule has 1 aliphatic heterocycles. The maximum atomic E-state index is 11.9. The summed E-state index contributed by atoms with van der Waals surface area (Å²) in [5, 5.41) is 19.9. The average Bonchev–Trinajstić information content (AvgIpc) is 2.46. The first-order valence-corrected chi connectivity index (χ1v) is 6.34. The van der Waals surface area contributed by atoms with Gasteiger partial charge in [-0.1, -0.05) is 12.1 Å². The van der Waals surface area contributed by atoms with Crippen molar-refractivity contribution in [2.24, 2.45) is 0 Å². The van der Waals surface area contributed by atoms with E-state index in [0.717, 1.165) is 0 Å². The number of hydrogen-bond acceptors (Lipinski definition) is 5. The van der Waals surface area contributed by atoms with E-state index in [1.165, 1.54) is 29.2 Å². The summed E-state index contributed by atoms with van der Waals surface area (Å²) >= 11 is 0. The van der Waals surface area contributed by atoms with Crippen LogP contribution in [0.1, 0.15) is 18.5 Å². The van der Waals surface area contributed by atoms with Gasteiger partial charge in [0, 0.05) is 18.7 Å². The highest BCUT2D eigenvalue weighted by molar-refractivity contribution is 5.83. The molecule has 1 N–H and O–H groups in total. The molecule has 1 amide bonds. The largest absolute Gasteiger partial charge is 0.479 e. The molecular formula is C13H14N2O6. The minimum Gasteiger partial charge on any atom is -0.479 e. The van der Waals surface area contributed by atoms with E-state index in [2.05, 4.69) is 0 Å². The summed E-state index contributed by atoms with van der Waals surface area (Å²) in [6.45, 7) is 1.78. The summed E-state index contributed by atoms with van der Waals surface area (Å²) in [6, 6.07) is 4.66. The molecule has 1 aromatic rings. The average molecular weight is 294 g/mol. The first kappa shape index (κ1) is 14.9. The van der Waals surface area contributed by atoms with Crippen molar-refractivity contribution < 1.29 is 24.4 Å². The Labute approximate surface area is 120 Å². The highest BCUT2D eigenvalue weighted by Gasteiger charge is 2.41. The fourth-order valence-corrected chi connectivity index (χ4v) is 2.38. The number of morpholine rings is 1. The van der Waals surface area contributed by atoms with E-state index >= 15 is 0 Å². The van der Waals surface area contributed by atoms with Gasteiger partial charge in [0.1, 0.15) is 6.61 Å². The van der Waals surface area contributed by atoms with Crippen molar-refractivity contribution in [3.05, 3.63) is 39.9 Å². The van der Waals surface area contributed by atoms with Crippen molar-refractivity contribution in [3.8, 4) is 0 Å². The van der Waals surface area contributed by atoms with E-state index in [1.807, 2.05) is 0 Å². The van der Waals surface area contributed by atoms with Crippen molar-refractivity contribution in [1.29, 1.82) is 0 Å². The lowest BCUT2D eigenvalue weighted by Gasteiger charge is -2.38. The van der Waals surface area contributed by atoms with Crippen LogP contribution in [0.2, 0.25) is 0 Å². The number of non-ortho nitro benzene ring substituents is 1. The second-order valence-electron chi connectivity index (χ2n) is 4.54. The lowest BCUT2D eigenvalue weighted by Crippen LogP contribution is -2.51. The van der Waals surface area contributed by atoms with Gasteiger partial charge in [0.05, 0.1) is 11.0 Å². The number of rotatable bonds is 4. The van der Waals surface area contributed by atoms with Crippen LogP contribution in [-0.2, 0) is 14.3 Å². The number of hydrogen-bond donors (Lipinski definition) is 1. The number of carbonyl (C=O) groups excluding carboxylic acids is 1. The molecule has 0 aromatic heterocycles. The van der Waals surface area contributed by atoms with Gasteiger partial charge in [-0.05, 0) is 12.5 Å². The molecule has 0 saturated carbocycles. The molecule has 0 bridgehead atoms. The summed E-state index contributed by atoms with van der Waals surface area (Å²) in [5.74, 6) is -1.48. The van der Waals surface area contributed by atoms with Crippen LogP contribution in [0.15, 0.2) is 24.3 Å². The molecule has 1 aromatic carbocycles. The summed E-state index contributed by atoms with van der Waals surface area (Å²) in [5.41, 5.74) is 0.389. The van der Waals surface area contributed by atoms with Crippen LogP contribution in [0.4, 0.5) is 5.69 Å². The molecule has 21 heavy (non-hydrogen) atoms. The fourth-order valence-electron chi connectivity index (χ4n) is 2.38. The molecule has 0 aliphatic carbocycles. The lowest BCUT2D eigenvalue weighted by atomic mass is 9.97. The molecule has 8 nitrogen and oxygen atoms in total. The number of benzene rings is 1. The second-order valence-corrected chi connectivity index (χ2v) is 4.54. The van der Waals surface area contributed by atoms with Gasteiger partial charge in [0.25, 0.3) is 5.69 Å². The van der Waals surface area contributed by atoms with Gasteiger partial charge in [-0.2, -0.15) is 0 Å². The van der Waals surface area contributed by atoms with Crippen molar-refractivity contribution in [2.75, 3.05) is 13.2 Å². The number of aliphatic carboxylic acids is 1. The van der Waals surface area contributed by atoms with E-state index in [1.54, 1.807) is 6.92 Å². The number of carbonyl (C=O) groups is 2. The molecule has 8 heteroatoms. The summed E-state index contributed by atoms with van der Waals surface area (Å²) in [7, 11) is 0. The molecule has 1 aliphatic rings. The number of nitrogens with zero attached hydrogens (tertiary/aromatic N) is 2. The maximum Gasteiger partial charge on any atom is 0.335 e. The molecule has 1 saturated heterocycles. The first-order valence-electron chi connectivity index (χ1n) is 6.34. The molecule has 2 unspecified atom stereocenters. The summed E-state index contributed by atoms with van der Waals surface area (Å²) in [6.07, 6.45) is -1.19. The van der Waals surface area contributed by atoms with Crippen LogP contribution in [0.25, 0.3) is 0 Å². The Balaban J connectivity index is 2.40. The molecule has 2 atom stereocenters. The third kappa shape index (κ3) is 2.84. The van der Waals surface area contributed by atoms with E-state index in [0.29, 0.717) is 12.1 Å². The van der Waals surface area contributed by atoms with Crippen LogP contribution in [0, 0.1) is 10.1 Å². The predicted molar refractivity (Wildman–Crippen MR) is 70.6 cm³/mol. The van der Waals surface area contributed by atoms with E-state index in [9.17, 15) is 24.8 Å². The Hall–Kier alpha value is -2.48. The number of likely N-dealkylation sites (N-methyl/N-ethyl adjacent to an activating group) is 1. The van der Waals surface area contributed by atoms with Crippen LogP contribution < -0.4 is 0 Å². The van der Waals surface area contributed by atoms with Crippen LogP contribution in [-0.4, -0.2) is 46.1 Å². The third-order valence-electron chi connectivity index (χ3n) is 3.36. The SMILES string of the molecule is CCN1C(=O)COC(C(=O)O)C1c1ccc([N+](=O)[O-])cc1. The quantitative estimate of drug-likeness (QED) is 0.654. The lowest BCUT2D eigenvalue weighted by molar-refractivity contribution is -0.384. The number of ether oxygens (including phenoxy) is 1. The monoisotopic (exact) mass is 294 g/mol. The Morgan fingerprint density at radius 2 is 2.10 bits per heavy atom. The molecule has 112 valence electrons.